The van der Waals surface area contributed by atoms with Gasteiger partial charge in [-0.05, 0) is 23.8 Å². The molecule has 0 radical (unpaired) electrons. The van der Waals surface area contributed by atoms with E-state index in [9.17, 15) is 9.59 Å². The normalized spacial score (nSPS) is 11.5. The number of pyridine rings is 1. The molecule has 0 aliphatic rings. The molecule has 1 heterocycles. The molecule has 0 bridgehead atoms. The van der Waals surface area contributed by atoms with E-state index in [4.69, 9.17) is 27.9 Å². The van der Waals surface area contributed by atoms with Gasteiger partial charge in [0.2, 0.25) is 0 Å². The standard InChI is InChI=1S/C21H16Cl2N2O3S/c22-15-11-17(23)20(24-12-15)25-18(26)13-28-21(27)19(14-7-3-1-4-8-14)29-16-9-5-2-6-10-16/h1-12,19H,13H2,(H,24,25,26)/t19-/m0/s1. The Labute approximate surface area is 182 Å². The monoisotopic (exact) mass is 446 g/mol. The molecule has 29 heavy (non-hydrogen) atoms. The topological polar surface area (TPSA) is 68.3 Å². The fraction of sp³-hybridized carbons (Fsp3) is 0.0952. The second-order valence-electron chi connectivity index (χ2n) is 5.86. The number of benzene rings is 2. The molecule has 0 aliphatic carbocycles. The second kappa shape index (κ2) is 10.3. The van der Waals surface area contributed by atoms with E-state index in [0.29, 0.717) is 5.02 Å². The van der Waals surface area contributed by atoms with Crippen LogP contribution in [0.5, 0.6) is 0 Å². The largest absolute Gasteiger partial charge is 0.454 e. The van der Waals surface area contributed by atoms with Crippen LogP contribution in [0.3, 0.4) is 0 Å². The van der Waals surface area contributed by atoms with Crippen molar-refractivity contribution in [2.24, 2.45) is 0 Å². The number of carbonyl (C=O) groups excluding carboxylic acids is 2. The second-order valence-corrected chi connectivity index (χ2v) is 7.88. The fourth-order valence-corrected chi connectivity index (χ4v) is 3.87. The lowest BCUT2D eigenvalue weighted by molar-refractivity contribution is -0.146. The molecule has 3 rings (SSSR count). The molecule has 3 aromatic rings. The third-order valence-corrected chi connectivity index (χ3v) is 5.46. The summed E-state index contributed by atoms with van der Waals surface area (Å²) < 4.78 is 5.26. The Hall–Kier alpha value is -2.54. The molecule has 0 fully saturated rings. The van der Waals surface area contributed by atoms with E-state index in [-0.39, 0.29) is 10.8 Å². The van der Waals surface area contributed by atoms with E-state index in [2.05, 4.69) is 10.3 Å². The Bertz CT molecular complexity index is 988. The number of carbonyl (C=O) groups is 2. The molecule has 1 N–H and O–H groups in total. The molecule has 0 saturated carbocycles. The van der Waals surface area contributed by atoms with Crippen molar-refractivity contribution in [1.29, 1.82) is 0 Å². The van der Waals surface area contributed by atoms with Crippen LogP contribution in [0.15, 0.2) is 77.8 Å². The number of thioether (sulfide) groups is 1. The minimum atomic E-state index is -0.608. The minimum Gasteiger partial charge on any atom is -0.454 e. The van der Waals surface area contributed by atoms with Gasteiger partial charge in [0.25, 0.3) is 5.91 Å². The lowest BCUT2D eigenvalue weighted by atomic mass is 10.1. The van der Waals surface area contributed by atoms with Crippen LogP contribution >= 0.6 is 35.0 Å². The number of nitrogens with one attached hydrogen (secondary N) is 1. The number of aromatic nitrogens is 1. The number of ether oxygens (including phenoxy) is 1. The Morgan fingerprint density at radius 2 is 1.69 bits per heavy atom. The summed E-state index contributed by atoms with van der Waals surface area (Å²) in [5.74, 6) is -0.919. The number of rotatable bonds is 7. The van der Waals surface area contributed by atoms with E-state index >= 15 is 0 Å². The molecule has 0 saturated heterocycles. The summed E-state index contributed by atoms with van der Waals surface area (Å²) in [4.78, 5) is 29.7. The van der Waals surface area contributed by atoms with Gasteiger partial charge < -0.3 is 10.1 Å². The zero-order valence-corrected chi connectivity index (χ0v) is 17.4. The maximum absolute atomic E-state index is 12.7. The van der Waals surface area contributed by atoms with Gasteiger partial charge in [0, 0.05) is 11.1 Å². The molecule has 8 heteroatoms. The predicted octanol–water partition coefficient (Wildman–Crippen LogP) is 5.40. The maximum atomic E-state index is 12.7. The number of esters is 1. The summed E-state index contributed by atoms with van der Waals surface area (Å²) in [6.45, 7) is -0.460. The SMILES string of the molecule is O=C(COC(=O)[C@@H](Sc1ccccc1)c1ccccc1)Nc1ncc(Cl)cc1Cl. The summed E-state index contributed by atoms with van der Waals surface area (Å²) in [5, 5.41) is 2.43. The van der Waals surface area contributed by atoms with E-state index < -0.39 is 23.7 Å². The molecule has 1 atom stereocenters. The van der Waals surface area contributed by atoms with E-state index in [1.54, 1.807) is 0 Å². The molecule has 0 spiro atoms. The van der Waals surface area contributed by atoms with E-state index in [0.717, 1.165) is 10.5 Å². The van der Waals surface area contributed by atoms with Gasteiger partial charge in [-0.15, -0.1) is 11.8 Å². The number of nitrogens with zero attached hydrogens (tertiary/aromatic N) is 1. The number of hydrogen-bond acceptors (Lipinski definition) is 5. The number of amides is 1. The first kappa shape index (κ1) is 21.2. The Kier molecular flexibility index (Phi) is 7.52. The van der Waals surface area contributed by atoms with Gasteiger partial charge in [0.1, 0.15) is 5.25 Å². The smallest absolute Gasteiger partial charge is 0.324 e. The van der Waals surface area contributed by atoms with Crippen molar-refractivity contribution < 1.29 is 14.3 Å². The highest BCUT2D eigenvalue weighted by atomic mass is 35.5. The quantitative estimate of drug-likeness (QED) is 0.388. The van der Waals surface area contributed by atoms with E-state index in [1.807, 2.05) is 60.7 Å². The summed E-state index contributed by atoms with van der Waals surface area (Å²) >= 11 is 13.1. The highest BCUT2D eigenvalue weighted by Crippen LogP contribution is 2.36. The maximum Gasteiger partial charge on any atom is 0.324 e. The third kappa shape index (κ3) is 6.22. The van der Waals surface area contributed by atoms with Crippen molar-refractivity contribution in [3.05, 3.63) is 88.5 Å². The van der Waals surface area contributed by atoms with Crippen molar-refractivity contribution in [2.45, 2.75) is 10.1 Å². The summed E-state index contributed by atoms with van der Waals surface area (Å²) in [6, 6.07) is 20.2. The van der Waals surface area contributed by atoms with Crippen LogP contribution < -0.4 is 5.32 Å². The summed E-state index contributed by atoms with van der Waals surface area (Å²) in [7, 11) is 0. The number of anilines is 1. The Morgan fingerprint density at radius 1 is 1.03 bits per heavy atom. The van der Waals surface area contributed by atoms with Crippen molar-refractivity contribution >= 4 is 52.7 Å². The highest BCUT2D eigenvalue weighted by molar-refractivity contribution is 8.00. The van der Waals surface area contributed by atoms with Crippen molar-refractivity contribution in [3.8, 4) is 0 Å². The minimum absolute atomic E-state index is 0.149. The highest BCUT2D eigenvalue weighted by Gasteiger charge is 2.24. The van der Waals surface area contributed by atoms with Crippen LogP contribution in [0.1, 0.15) is 10.8 Å². The van der Waals surface area contributed by atoms with Crippen LogP contribution in [0.4, 0.5) is 5.82 Å². The van der Waals surface area contributed by atoms with Gasteiger partial charge in [-0.25, -0.2) is 4.98 Å². The first-order valence-electron chi connectivity index (χ1n) is 8.57. The number of halogens is 2. The zero-order chi connectivity index (χ0) is 20.6. The average molecular weight is 447 g/mol. The van der Waals surface area contributed by atoms with Crippen LogP contribution in [-0.4, -0.2) is 23.5 Å². The zero-order valence-electron chi connectivity index (χ0n) is 15.0. The first-order valence-corrected chi connectivity index (χ1v) is 10.2. The van der Waals surface area contributed by atoms with Gasteiger partial charge in [-0.2, -0.15) is 0 Å². The van der Waals surface area contributed by atoms with Gasteiger partial charge in [0.05, 0.1) is 10.0 Å². The summed E-state index contributed by atoms with van der Waals surface area (Å²) in [5.41, 5.74) is 0.786. The van der Waals surface area contributed by atoms with Crippen molar-refractivity contribution in [1.82, 2.24) is 4.98 Å². The Balaban J connectivity index is 1.65. The van der Waals surface area contributed by atoms with Crippen LogP contribution in [0.2, 0.25) is 10.0 Å². The average Bonchev–Trinajstić information content (AvgIpc) is 2.74. The third-order valence-electron chi connectivity index (χ3n) is 3.72. The van der Waals surface area contributed by atoms with Gasteiger partial charge in [0.15, 0.2) is 12.4 Å². The summed E-state index contributed by atoms with van der Waals surface area (Å²) in [6.07, 6.45) is 1.36. The molecule has 1 aromatic heterocycles. The molecule has 2 aromatic carbocycles. The lowest BCUT2D eigenvalue weighted by Crippen LogP contribution is -2.23. The lowest BCUT2D eigenvalue weighted by Gasteiger charge is -2.16. The number of hydrogen-bond donors (Lipinski definition) is 1. The fourth-order valence-electron chi connectivity index (χ4n) is 2.40. The first-order chi connectivity index (χ1) is 14.0. The van der Waals surface area contributed by atoms with Crippen LogP contribution in [-0.2, 0) is 14.3 Å². The molecular formula is C21H16Cl2N2O3S. The van der Waals surface area contributed by atoms with Crippen molar-refractivity contribution in [3.63, 3.8) is 0 Å². The molecule has 5 nitrogen and oxygen atoms in total. The van der Waals surface area contributed by atoms with Gasteiger partial charge in [-0.3, -0.25) is 9.59 Å². The van der Waals surface area contributed by atoms with Gasteiger partial charge in [-0.1, -0.05) is 71.7 Å². The molecule has 0 unspecified atom stereocenters. The molecule has 148 valence electrons. The van der Waals surface area contributed by atoms with Crippen molar-refractivity contribution in [2.75, 3.05) is 11.9 Å². The molecule has 0 aliphatic heterocycles. The van der Waals surface area contributed by atoms with Gasteiger partial charge >= 0.3 is 5.97 Å². The molecule has 1 amide bonds. The van der Waals surface area contributed by atoms with Crippen LogP contribution in [0.25, 0.3) is 0 Å². The predicted molar refractivity (Wildman–Crippen MR) is 115 cm³/mol. The van der Waals surface area contributed by atoms with Crippen LogP contribution in [0, 0.1) is 0 Å². The Morgan fingerprint density at radius 3 is 2.34 bits per heavy atom. The molecular weight excluding hydrogens is 431 g/mol. The van der Waals surface area contributed by atoms with E-state index in [1.165, 1.54) is 24.0 Å².